The largest absolute Gasteiger partial charge is 0.489 e. The van der Waals surface area contributed by atoms with Gasteiger partial charge in [-0.3, -0.25) is 4.79 Å². The minimum Gasteiger partial charge on any atom is -0.489 e. The molecule has 3 N–H and O–H groups in total. The van der Waals surface area contributed by atoms with Gasteiger partial charge in [0.15, 0.2) is 11.6 Å². The fourth-order valence-electron chi connectivity index (χ4n) is 1.40. The van der Waals surface area contributed by atoms with Crippen molar-refractivity contribution in [2.75, 3.05) is 13.2 Å². The molecular formula is C13H19FN2O2. The number of carbonyl (C=O) groups excluding carboxylic acids is 1. The fraction of sp³-hybridized carbons (Fsp3) is 0.462. The Bertz CT molecular complexity index is 410. The smallest absolute Gasteiger partial charge is 0.223 e. The van der Waals surface area contributed by atoms with E-state index in [1.807, 2.05) is 6.92 Å². The first-order valence-corrected chi connectivity index (χ1v) is 5.96. The lowest BCUT2D eigenvalue weighted by Crippen LogP contribution is -2.26. The summed E-state index contributed by atoms with van der Waals surface area (Å²) in [6, 6.07) is 4.75. The molecular weight excluding hydrogens is 235 g/mol. The van der Waals surface area contributed by atoms with Crippen LogP contribution >= 0.6 is 0 Å². The van der Waals surface area contributed by atoms with Gasteiger partial charge in [-0.2, -0.15) is 0 Å². The Morgan fingerprint density at radius 3 is 2.89 bits per heavy atom. The average Bonchev–Trinajstić information content (AvgIpc) is 2.34. The number of amides is 1. The molecule has 1 unspecified atom stereocenters. The summed E-state index contributed by atoms with van der Waals surface area (Å²) in [4.78, 5) is 10.9. The summed E-state index contributed by atoms with van der Waals surface area (Å²) in [5, 5.41) is 3.10. The Kier molecular flexibility index (Phi) is 5.58. The molecule has 0 bridgehead atoms. The van der Waals surface area contributed by atoms with E-state index in [0.717, 1.165) is 12.1 Å². The molecule has 0 radical (unpaired) electrons. The normalized spacial score (nSPS) is 12.2. The van der Waals surface area contributed by atoms with Crippen LogP contribution in [0.15, 0.2) is 18.2 Å². The highest BCUT2D eigenvalue weighted by Crippen LogP contribution is 2.23. The molecule has 0 saturated heterocycles. The molecule has 0 aliphatic carbocycles. The molecule has 4 nitrogen and oxygen atoms in total. The number of rotatable bonds is 7. The van der Waals surface area contributed by atoms with E-state index in [9.17, 15) is 9.18 Å². The zero-order valence-electron chi connectivity index (χ0n) is 10.7. The molecule has 1 amide bonds. The fourth-order valence-corrected chi connectivity index (χ4v) is 1.40. The summed E-state index contributed by atoms with van der Waals surface area (Å²) in [6.07, 6.45) is 0. The van der Waals surface area contributed by atoms with Gasteiger partial charge in [0.2, 0.25) is 5.91 Å². The maximum Gasteiger partial charge on any atom is 0.223 e. The van der Waals surface area contributed by atoms with Gasteiger partial charge in [-0.15, -0.1) is 0 Å². The van der Waals surface area contributed by atoms with Crippen molar-refractivity contribution in [3.63, 3.8) is 0 Å². The van der Waals surface area contributed by atoms with E-state index in [-0.39, 0.29) is 12.4 Å². The van der Waals surface area contributed by atoms with Crippen molar-refractivity contribution in [1.29, 1.82) is 0 Å². The summed E-state index contributed by atoms with van der Waals surface area (Å²) in [5.41, 5.74) is 5.86. The Hall–Kier alpha value is -1.62. The Balaban J connectivity index is 2.76. The minimum absolute atomic E-state index is 0.0788. The van der Waals surface area contributed by atoms with Crippen molar-refractivity contribution >= 4 is 5.91 Å². The molecule has 1 atom stereocenters. The molecule has 0 heterocycles. The highest BCUT2D eigenvalue weighted by atomic mass is 19.1. The van der Waals surface area contributed by atoms with Gasteiger partial charge in [0.05, 0.1) is 12.5 Å². The number of benzene rings is 1. The predicted molar refractivity (Wildman–Crippen MR) is 67.6 cm³/mol. The van der Waals surface area contributed by atoms with Crippen molar-refractivity contribution in [2.45, 2.75) is 20.4 Å². The van der Waals surface area contributed by atoms with Crippen LogP contribution in [0.2, 0.25) is 0 Å². The molecule has 0 aromatic heterocycles. The van der Waals surface area contributed by atoms with Gasteiger partial charge >= 0.3 is 0 Å². The minimum atomic E-state index is -0.459. The lowest BCUT2D eigenvalue weighted by Gasteiger charge is -2.14. The lowest BCUT2D eigenvalue weighted by molar-refractivity contribution is -0.122. The van der Waals surface area contributed by atoms with Gasteiger partial charge < -0.3 is 15.8 Å². The van der Waals surface area contributed by atoms with Gasteiger partial charge in [0, 0.05) is 12.1 Å². The van der Waals surface area contributed by atoms with Crippen LogP contribution in [-0.2, 0) is 11.3 Å². The van der Waals surface area contributed by atoms with Crippen LogP contribution in [-0.4, -0.2) is 19.1 Å². The third kappa shape index (κ3) is 4.00. The molecule has 0 spiro atoms. The maximum atomic E-state index is 13.7. The van der Waals surface area contributed by atoms with Gasteiger partial charge in [0.25, 0.3) is 0 Å². The first-order valence-electron chi connectivity index (χ1n) is 5.96. The molecule has 1 aromatic carbocycles. The average molecular weight is 254 g/mol. The van der Waals surface area contributed by atoms with E-state index < -0.39 is 17.6 Å². The number of para-hydroxylation sites is 1. The highest BCUT2D eigenvalue weighted by molar-refractivity contribution is 5.76. The molecule has 100 valence electrons. The molecule has 0 aliphatic rings. The van der Waals surface area contributed by atoms with Crippen molar-refractivity contribution in [3.8, 4) is 5.75 Å². The number of halogens is 1. The van der Waals surface area contributed by atoms with Gasteiger partial charge in [0.1, 0.15) is 0 Å². The number of primary amides is 1. The Morgan fingerprint density at radius 1 is 1.56 bits per heavy atom. The Morgan fingerprint density at radius 2 is 2.28 bits per heavy atom. The lowest BCUT2D eigenvalue weighted by atomic mass is 10.1. The molecule has 5 heteroatoms. The monoisotopic (exact) mass is 254 g/mol. The van der Waals surface area contributed by atoms with Crippen molar-refractivity contribution < 1.29 is 13.9 Å². The molecule has 1 aromatic rings. The van der Waals surface area contributed by atoms with Crippen LogP contribution in [0.1, 0.15) is 19.4 Å². The number of nitrogens with one attached hydrogen (secondary N) is 1. The SMILES string of the molecule is CCNCc1cccc(F)c1OCC(C)C(N)=O. The van der Waals surface area contributed by atoms with Crippen LogP contribution in [0.4, 0.5) is 4.39 Å². The zero-order chi connectivity index (χ0) is 13.5. The summed E-state index contributed by atoms with van der Waals surface area (Å²) in [6.45, 7) is 5.00. The second-order valence-corrected chi connectivity index (χ2v) is 4.12. The molecule has 0 saturated carbocycles. The second kappa shape index (κ2) is 6.96. The maximum absolute atomic E-state index is 13.7. The van der Waals surface area contributed by atoms with E-state index >= 15 is 0 Å². The van der Waals surface area contributed by atoms with Gasteiger partial charge in [-0.1, -0.05) is 26.0 Å². The zero-order valence-corrected chi connectivity index (χ0v) is 10.7. The van der Waals surface area contributed by atoms with Crippen molar-refractivity contribution in [1.82, 2.24) is 5.32 Å². The quantitative estimate of drug-likeness (QED) is 0.773. The highest BCUT2D eigenvalue weighted by Gasteiger charge is 2.14. The van der Waals surface area contributed by atoms with E-state index in [1.165, 1.54) is 6.07 Å². The van der Waals surface area contributed by atoms with Gasteiger partial charge in [-0.25, -0.2) is 4.39 Å². The van der Waals surface area contributed by atoms with Crippen LogP contribution in [0.5, 0.6) is 5.75 Å². The van der Waals surface area contributed by atoms with E-state index in [2.05, 4.69) is 5.32 Å². The van der Waals surface area contributed by atoms with Crippen LogP contribution in [0.3, 0.4) is 0 Å². The topological polar surface area (TPSA) is 64.3 Å². The third-order valence-corrected chi connectivity index (χ3v) is 2.58. The predicted octanol–water partition coefficient (Wildman–Crippen LogP) is 1.44. The van der Waals surface area contributed by atoms with Crippen LogP contribution in [0.25, 0.3) is 0 Å². The number of hydrogen-bond donors (Lipinski definition) is 2. The molecule has 18 heavy (non-hydrogen) atoms. The third-order valence-electron chi connectivity index (χ3n) is 2.58. The second-order valence-electron chi connectivity index (χ2n) is 4.12. The number of carbonyl (C=O) groups is 1. The number of ether oxygens (including phenoxy) is 1. The molecule has 0 fully saturated rings. The number of hydrogen-bond acceptors (Lipinski definition) is 3. The van der Waals surface area contributed by atoms with E-state index in [0.29, 0.717) is 6.54 Å². The first kappa shape index (κ1) is 14.4. The van der Waals surface area contributed by atoms with Crippen molar-refractivity contribution in [3.05, 3.63) is 29.6 Å². The summed E-state index contributed by atoms with van der Waals surface area (Å²) < 4.78 is 19.0. The summed E-state index contributed by atoms with van der Waals surface area (Å²) >= 11 is 0. The van der Waals surface area contributed by atoms with Crippen molar-refractivity contribution in [2.24, 2.45) is 11.7 Å². The van der Waals surface area contributed by atoms with E-state index in [4.69, 9.17) is 10.5 Å². The summed E-state index contributed by atoms with van der Waals surface area (Å²) in [5.74, 6) is -1.15. The Labute approximate surface area is 106 Å². The van der Waals surface area contributed by atoms with Crippen LogP contribution in [0, 0.1) is 11.7 Å². The van der Waals surface area contributed by atoms with E-state index in [1.54, 1.807) is 19.1 Å². The van der Waals surface area contributed by atoms with Gasteiger partial charge in [-0.05, 0) is 12.6 Å². The van der Waals surface area contributed by atoms with Crippen LogP contribution < -0.4 is 15.8 Å². The molecule has 0 aliphatic heterocycles. The standard InChI is InChI=1S/C13H19FN2O2/c1-3-16-7-10-5-4-6-11(14)12(10)18-8-9(2)13(15)17/h4-6,9,16H,3,7-8H2,1-2H3,(H2,15,17). The first-order chi connectivity index (χ1) is 8.56. The summed E-state index contributed by atoms with van der Waals surface area (Å²) in [7, 11) is 0. The number of nitrogens with two attached hydrogens (primary N) is 1. The molecule has 1 rings (SSSR count).